The summed E-state index contributed by atoms with van der Waals surface area (Å²) in [5.41, 5.74) is 2.08. The third-order valence-electron chi connectivity index (χ3n) is 5.66. The van der Waals surface area contributed by atoms with Crippen LogP contribution in [0, 0.1) is 11.8 Å². The molecule has 0 spiro atoms. The molecule has 2 aliphatic rings. The number of piperidine rings is 1. The van der Waals surface area contributed by atoms with Gasteiger partial charge >= 0.3 is 0 Å². The molecule has 0 radical (unpaired) electrons. The number of hydrogen-bond acceptors (Lipinski definition) is 3. The molecule has 0 bridgehead atoms. The van der Waals surface area contributed by atoms with Crippen molar-refractivity contribution in [2.45, 2.75) is 52.6 Å². The first kappa shape index (κ1) is 18.9. The Labute approximate surface area is 156 Å². The zero-order valence-corrected chi connectivity index (χ0v) is 16.2. The van der Waals surface area contributed by atoms with Crippen molar-refractivity contribution in [1.82, 2.24) is 9.80 Å². The number of likely N-dealkylation sites (tertiary alicyclic amines) is 2. The molecule has 2 saturated heterocycles. The van der Waals surface area contributed by atoms with Gasteiger partial charge in [0.2, 0.25) is 11.8 Å². The SMILES string of the molecule is CC1CCN(Cc2ccc(NC(=O)C3CC(=O)N(C(C)C)C3)cc2)CC1. The minimum atomic E-state index is -0.250. The molecule has 5 nitrogen and oxygen atoms in total. The van der Waals surface area contributed by atoms with Crippen molar-refractivity contribution in [2.75, 3.05) is 25.0 Å². The normalized spacial score (nSPS) is 22.2. The van der Waals surface area contributed by atoms with Crippen LogP contribution in [0.4, 0.5) is 5.69 Å². The van der Waals surface area contributed by atoms with Crippen molar-refractivity contribution in [1.29, 1.82) is 0 Å². The molecule has 1 unspecified atom stereocenters. The highest BCUT2D eigenvalue weighted by molar-refractivity contribution is 5.97. The molecule has 0 saturated carbocycles. The molecule has 2 heterocycles. The first-order valence-electron chi connectivity index (χ1n) is 9.84. The Morgan fingerprint density at radius 3 is 2.42 bits per heavy atom. The summed E-state index contributed by atoms with van der Waals surface area (Å²) in [7, 11) is 0. The number of rotatable bonds is 5. The van der Waals surface area contributed by atoms with Crippen LogP contribution in [0.2, 0.25) is 0 Å². The quantitative estimate of drug-likeness (QED) is 0.881. The summed E-state index contributed by atoms with van der Waals surface area (Å²) in [6.07, 6.45) is 2.87. The van der Waals surface area contributed by atoms with Crippen LogP contribution >= 0.6 is 0 Å². The van der Waals surface area contributed by atoms with Gasteiger partial charge in [-0.25, -0.2) is 0 Å². The van der Waals surface area contributed by atoms with E-state index in [0.717, 1.165) is 18.2 Å². The molecular formula is C21H31N3O2. The fraction of sp³-hybridized carbons (Fsp3) is 0.619. The molecule has 1 N–H and O–H groups in total. The number of anilines is 1. The minimum Gasteiger partial charge on any atom is -0.339 e. The second-order valence-electron chi connectivity index (χ2n) is 8.19. The van der Waals surface area contributed by atoms with Gasteiger partial charge in [-0.3, -0.25) is 14.5 Å². The first-order chi connectivity index (χ1) is 12.4. The van der Waals surface area contributed by atoms with Crippen LogP contribution in [0.5, 0.6) is 0 Å². The Bertz CT molecular complexity index is 633. The van der Waals surface area contributed by atoms with Crippen molar-refractivity contribution in [3.05, 3.63) is 29.8 Å². The van der Waals surface area contributed by atoms with Gasteiger partial charge in [-0.2, -0.15) is 0 Å². The number of hydrogen-bond donors (Lipinski definition) is 1. The van der Waals surface area contributed by atoms with Crippen molar-refractivity contribution in [2.24, 2.45) is 11.8 Å². The standard InChI is InChI=1S/C21H31N3O2/c1-15(2)24-14-18(12-20(24)25)21(26)22-19-6-4-17(5-7-19)13-23-10-8-16(3)9-11-23/h4-7,15-16,18H,8-14H2,1-3H3,(H,22,26). The highest BCUT2D eigenvalue weighted by Crippen LogP contribution is 2.23. The van der Waals surface area contributed by atoms with Crippen LogP contribution in [0.15, 0.2) is 24.3 Å². The van der Waals surface area contributed by atoms with Gasteiger partial charge in [-0.05, 0) is 63.4 Å². The largest absolute Gasteiger partial charge is 0.339 e. The highest BCUT2D eigenvalue weighted by Gasteiger charge is 2.35. The fourth-order valence-corrected chi connectivity index (χ4v) is 3.82. The lowest BCUT2D eigenvalue weighted by molar-refractivity contribution is -0.129. The molecule has 3 rings (SSSR count). The van der Waals surface area contributed by atoms with E-state index in [1.165, 1.54) is 31.5 Å². The Balaban J connectivity index is 1.51. The van der Waals surface area contributed by atoms with E-state index in [1.54, 1.807) is 4.90 Å². The number of amides is 2. The van der Waals surface area contributed by atoms with Crippen LogP contribution in [0.25, 0.3) is 0 Å². The van der Waals surface area contributed by atoms with Gasteiger partial charge in [-0.15, -0.1) is 0 Å². The lowest BCUT2D eigenvalue weighted by Crippen LogP contribution is -2.33. The van der Waals surface area contributed by atoms with Crippen LogP contribution in [-0.2, 0) is 16.1 Å². The van der Waals surface area contributed by atoms with Gasteiger partial charge < -0.3 is 10.2 Å². The first-order valence-corrected chi connectivity index (χ1v) is 9.84. The van der Waals surface area contributed by atoms with Crippen molar-refractivity contribution < 1.29 is 9.59 Å². The molecule has 1 aromatic rings. The fourth-order valence-electron chi connectivity index (χ4n) is 3.82. The molecule has 142 valence electrons. The maximum atomic E-state index is 12.5. The van der Waals surface area contributed by atoms with Gasteiger partial charge in [0.1, 0.15) is 0 Å². The Morgan fingerprint density at radius 2 is 1.85 bits per heavy atom. The topological polar surface area (TPSA) is 52.7 Å². The molecule has 2 amide bonds. The van der Waals surface area contributed by atoms with E-state index in [0.29, 0.717) is 13.0 Å². The summed E-state index contributed by atoms with van der Waals surface area (Å²) in [6.45, 7) is 10.1. The summed E-state index contributed by atoms with van der Waals surface area (Å²) >= 11 is 0. The van der Waals surface area contributed by atoms with Gasteiger partial charge in [0.05, 0.1) is 5.92 Å². The molecule has 0 aromatic heterocycles. The Kier molecular flexibility index (Phi) is 5.97. The molecular weight excluding hydrogens is 326 g/mol. The average Bonchev–Trinajstić information content (AvgIpc) is 3.01. The van der Waals surface area contributed by atoms with Gasteiger partial charge in [0.25, 0.3) is 0 Å². The van der Waals surface area contributed by atoms with E-state index < -0.39 is 0 Å². The average molecular weight is 357 g/mol. The summed E-state index contributed by atoms with van der Waals surface area (Å²) in [6, 6.07) is 8.27. The highest BCUT2D eigenvalue weighted by atomic mass is 16.2. The lowest BCUT2D eigenvalue weighted by atomic mass is 9.99. The molecule has 1 atom stereocenters. The molecule has 26 heavy (non-hydrogen) atoms. The molecule has 2 aliphatic heterocycles. The number of nitrogens with zero attached hydrogens (tertiary/aromatic N) is 2. The predicted molar refractivity (Wildman–Crippen MR) is 104 cm³/mol. The van der Waals surface area contributed by atoms with E-state index in [1.807, 2.05) is 26.0 Å². The summed E-state index contributed by atoms with van der Waals surface area (Å²) in [4.78, 5) is 28.7. The molecule has 0 aliphatic carbocycles. The molecule has 1 aromatic carbocycles. The minimum absolute atomic E-state index is 0.0562. The number of benzene rings is 1. The summed E-state index contributed by atoms with van der Waals surface area (Å²) < 4.78 is 0. The second kappa shape index (κ2) is 8.21. The van der Waals surface area contributed by atoms with Gasteiger partial charge in [0.15, 0.2) is 0 Å². The maximum Gasteiger partial charge on any atom is 0.229 e. The van der Waals surface area contributed by atoms with Crippen LogP contribution in [-0.4, -0.2) is 47.3 Å². The lowest BCUT2D eigenvalue weighted by Gasteiger charge is -2.30. The zero-order chi connectivity index (χ0) is 18.7. The van der Waals surface area contributed by atoms with E-state index >= 15 is 0 Å². The van der Waals surface area contributed by atoms with Crippen molar-refractivity contribution >= 4 is 17.5 Å². The summed E-state index contributed by atoms with van der Waals surface area (Å²) in [5.74, 6) is 0.614. The monoisotopic (exact) mass is 357 g/mol. The van der Waals surface area contributed by atoms with Gasteiger partial charge in [-0.1, -0.05) is 19.1 Å². The van der Waals surface area contributed by atoms with Crippen LogP contribution in [0.1, 0.15) is 45.6 Å². The maximum absolute atomic E-state index is 12.5. The smallest absolute Gasteiger partial charge is 0.229 e. The third-order valence-corrected chi connectivity index (χ3v) is 5.66. The number of nitrogens with one attached hydrogen (secondary N) is 1. The van der Waals surface area contributed by atoms with E-state index in [9.17, 15) is 9.59 Å². The van der Waals surface area contributed by atoms with Crippen LogP contribution < -0.4 is 5.32 Å². The molecule has 5 heteroatoms. The van der Waals surface area contributed by atoms with E-state index in [2.05, 4.69) is 29.3 Å². The molecule has 2 fully saturated rings. The Morgan fingerprint density at radius 1 is 1.19 bits per heavy atom. The summed E-state index contributed by atoms with van der Waals surface area (Å²) in [5, 5.41) is 2.97. The third kappa shape index (κ3) is 4.64. The van der Waals surface area contributed by atoms with E-state index in [-0.39, 0.29) is 23.8 Å². The van der Waals surface area contributed by atoms with Crippen molar-refractivity contribution in [3.63, 3.8) is 0 Å². The van der Waals surface area contributed by atoms with Crippen molar-refractivity contribution in [3.8, 4) is 0 Å². The predicted octanol–water partition coefficient (Wildman–Crippen LogP) is 3.11. The second-order valence-corrected chi connectivity index (χ2v) is 8.19. The Hall–Kier alpha value is -1.88. The zero-order valence-electron chi connectivity index (χ0n) is 16.2. The van der Waals surface area contributed by atoms with Crippen LogP contribution in [0.3, 0.4) is 0 Å². The van der Waals surface area contributed by atoms with E-state index in [4.69, 9.17) is 0 Å². The number of carbonyl (C=O) groups excluding carboxylic acids is 2. The van der Waals surface area contributed by atoms with Gasteiger partial charge in [0, 0.05) is 31.2 Å². The number of carbonyl (C=O) groups is 2.